The largest absolute Gasteiger partial charge is 0.390 e. The summed E-state index contributed by atoms with van der Waals surface area (Å²) in [5.74, 6) is 0. The van der Waals surface area contributed by atoms with E-state index < -0.39 is 21.9 Å². The SMILES string of the molecule is O=S(=O)(N1CCOCC1)N1CCC2(CC1)OCCC[C@@H]2O. The van der Waals surface area contributed by atoms with Gasteiger partial charge in [-0.15, -0.1) is 0 Å². The quantitative estimate of drug-likeness (QED) is 0.747. The molecule has 1 atom stereocenters. The summed E-state index contributed by atoms with van der Waals surface area (Å²) in [5.41, 5.74) is -0.532. The molecule has 0 amide bonds. The molecule has 1 spiro atoms. The normalized spacial score (nSPS) is 32.3. The van der Waals surface area contributed by atoms with Gasteiger partial charge in [-0.2, -0.15) is 17.0 Å². The second-order valence-corrected chi connectivity index (χ2v) is 7.92. The minimum atomic E-state index is -3.41. The van der Waals surface area contributed by atoms with E-state index in [1.807, 2.05) is 0 Å². The van der Waals surface area contributed by atoms with Gasteiger partial charge in [-0.25, -0.2) is 0 Å². The third-order valence-corrected chi connectivity index (χ3v) is 6.85. The number of rotatable bonds is 2. The fourth-order valence-electron chi connectivity index (χ4n) is 3.42. The third kappa shape index (κ3) is 2.97. The zero-order valence-electron chi connectivity index (χ0n) is 12.2. The number of aliphatic hydroxyl groups is 1. The Balaban J connectivity index is 1.64. The molecule has 3 fully saturated rings. The minimum absolute atomic E-state index is 0.413. The van der Waals surface area contributed by atoms with Crippen molar-refractivity contribution in [2.45, 2.75) is 37.4 Å². The number of hydrogen-bond donors (Lipinski definition) is 1. The summed E-state index contributed by atoms with van der Waals surface area (Å²) in [4.78, 5) is 0. The third-order valence-electron chi connectivity index (χ3n) is 4.81. The van der Waals surface area contributed by atoms with Gasteiger partial charge in [-0.05, 0) is 25.7 Å². The van der Waals surface area contributed by atoms with Crippen LogP contribution in [0.4, 0.5) is 0 Å². The summed E-state index contributed by atoms with van der Waals surface area (Å²) >= 11 is 0. The van der Waals surface area contributed by atoms with Gasteiger partial charge in [0.2, 0.25) is 0 Å². The molecule has 3 rings (SSSR count). The molecule has 122 valence electrons. The molecule has 0 aromatic heterocycles. The zero-order chi connectivity index (χ0) is 14.9. The lowest BCUT2D eigenvalue weighted by Gasteiger charge is -2.47. The van der Waals surface area contributed by atoms with E-state index in [-0.39, 0.29) is 0 Å². The molecule has 0 aromatic carbocycles. The number of piperidine rings is 1. The first-order valence-corrected chi connectivity index (χ1v) is 9.09. The van der Waals surface area contributed by atoms with E-state index in [0.29, 0.717) is 58.8 Å². The highest BCUT2D eigenvalue weighted by atomic mass is 32.2. The molecule has 3 aliphatic rings. The predicted molar refractivity (Wildman–Crippen MR) is 76.0 cm³/mol. The van der Waals surface area contributed by atoms with Gasteiger partial charge in [0.25, 0.3) is 10.2 Å². The van der Waals surface area contributed by atoms with E-state index in [1.54, 1.807) is 0 Å². The van der Waals surface area contributed by atoms with Crippen LogP contribution < -0.4 is 0 Å². The average molecular weight is 320 g/mol. The van der Waals surface area contributed by atoms with Gasteiger partial charge in [-0.1, -0.05) is 0 Å². The van der Waals surface area contributed by atoms with Crippen molar-refractivity contribution in [1.82, 2.24) is 8.61 Å². The van der Waals surface area contributed by atoms with Gasteiger partial charge in [0.05, 0.1) is 24.9 Å². The number of morpholine rings is 1. The van der Waals surface area contributed by atoms with Crippen molar-refractivity contribution >= 4 is 10.2 Å². The van der Waals surface area contributed by atoms with Gasteiger partial charge >= 0.3 is 0 Å². The highest BCUT2D eigenvalue weighted by molar-refractivity contribution is 7.86. The van der Waals surface area contributed by atoms with Crippen LogP contribution in [0.2, 0.25) is 0 Å². The molecule has 3 aliphatic heterocycles. The summed E-state index contributed by atoms with van der Waals surface area (Å²) in [6.45, 7) is 3.24. The average Bonchev–Trinajstić information content (AvgIpc) is 2.52. The van der Waals surface area contributed by atoms with E-state index in [9.17, 15) is 13.5 Å². The lowest BCUT2D eigenvalue weighted by molar-refractivity contribution is -0.172. The second-order valence-electron chi connectivity index (χ2n) is 5.99. The number of hydrogen-bond acceptors (Lipinski definition) is 5. The van der Waals surface area contributed by atoms with Crippen LogP contribution in [0.25, 0.3) is 0 Å². The summed E-state index contributed by atoms with van der Waals surface area (Å²) in [6, 6.07) is 0. The molecular weight excluding hydrogens is 296 g/mol. The lowest BCUT2D eigenvalue weighted by atomic mass is 9.82. The molecule has 0 radical (unpaired) electrons. The Hall–Kier alpha value is -0.250. The van der Waals surface area contributed by atoms with Crippen LogP contribution in [0.1, 0.15) is 25.7 Å². The van der Waals surface area contributed by atoms with Crippen LogP contribution in [0.5, 0.6) is 0 Å². The molecule has 3 heterocycles. The highest BCUT2D eigenvalue weighted by Gasteiger charge is 2.46. The molecule has 0 saturated carbocycles. The molecule has 8 heteroatoms. The molecule has 0 aromatic rings. The van der Waals surface area contributed by atoms with E-state index >= 15 is 0 Å². The van der Waals surface area contributed by atoms with Gasteiger partial charge < -0.3 is 14.6 Å². The topological polar surface area (TPSA) is 79.3 Å². The maximum absolute atomic E-state index is 12.6. The van der Waals surface area contributed by atoms with Crippen molar-refractivity contribution in [3.8, 4) is 0 Å². The fraction of sp³-hybridized carbons (Fsp3) is 1.00. The molecular formula is C13H24N2O5S. The Kier molecular flexibility index (Phi) is 4.54. The van der Waals surface area contributed by atoms with E-state index in [1.165, 1.54) is 8.61 Å². The molecule has 21 heavy (non-hydrogen) atoms. The molecule has 0 unspecified atom stereocenters. The van der Waals surface area contributed by atoms with Gasteiger partial charge in [0.1, 0.15) is 0 Å². The Bertz CT molecular complexity index is 455. The van der Waals surface area contributed by atoms with Crippen LogP contribution in [0.15, 0.2) is 0 Å². The summed E-state index contributed by atoms with van der Waals surface area (Å²) < 4.78 is 39.2. The standard InChI is InChI=1S/C13H24N2O5S/c16-12-2-1-9-20-13(12)3-5-14(6-4-13)21(17,18)15-7-10-19-11-8-15/h12,16H,1-11H2/t12-/m0/s1. The minimum Gasteiger partial charge on any atom is -0.390 e. The van der Waals surface area contributed by atoms with Crippen molar-refractivity contribution in [1.29, 1.82) is 0 Å². The first-order chi connectivity index (χ1) is 10.0. The molecule has 1 N–H and O–H groups in total. The van der Waals surface area contributed by atoms with Crippen molar-refractivity contribution in [3.63, 3.8) is 0 Å². The van der Waals surface area contributed by atoms with Gasteiger partial charge in [0.15, 0.2) is 0 Å². The van der Waals surface area contributed by atoms with Gasteiger partial charge in [0, 0.05) is 32.8 Å². The van der Waals surface area contributed by atoms with E-state index in [0.717, 1.165) is 12.8 Å². The maximum atomic E-state index is 12.6. The molecule has 0 bridgehead atoms. The first-order valence-electron chi connectivity index (χ1n) is 7.70. The van der Waals surface area contributed by atoms with E-state index in [2.05, 4.69) is 0 Å². The predicted octanol–water partition coefficient (Wildman–Crippen LogP) is -0.431. The summed E-state index contributed by atoms with van der Waals surface area (Å²) in [6.07, 6.45) is 2.28. The van der Waals surface area contributed by atoms with Crippen molar-refractivity contribution in [2.75, 3.05) is 46.0 Å². The van der Waals surface area contributed by atoms with Crippen molar-refractivity contribution in [2.24, 2.45) is 0 Å². The smallest absolute Gasteiger partial charge is 0.282 e. The molecule has 3 saturated heterocycles. The molecule has 7 nitrogen and oxygen atoms in total. The van der Waals surface area contributed by atoms with Crippen LogP contribution >= 0.6 is 0 Å². The summed E-state index contributed by atoms with van der Waals surface area (Å²) in [5, 5.41) is 10.2. The van der Waals surface area contributed by atoms with Crippen molar-refractivity contribution in [3.05, 3.63) is 0 Å². The summed E-state index contributed by atoms with van der Waals surface area (Å²) in [7, 11) is -3.41. The van der Waals surface area contributed by atoms with Crippen LogP contribution in [-0.4, -0.2) is 79.8 Å². The van der Waals surface area contributed by atoms with Crippen LogP contribution in [0, 0.1) is 0 Å². The Morgan fingerprint density at radius 3 is 2.24 bits per heavy atom. The van der Waals surface area contributed by atoms with Crippen LogP contribution in [0.3, 0.4) is 0 Å². The maximum Gasteiger partial charge on any atom is 0.282 e. The monoisotopic (exact) mass is 320 g/mol. The first kappa shape index (κ1) is 15.6. The van der Waals surface area contributed by atoms with Gasteiger partial charge in [-0.3, -0.25) is 0 Å². The fourth-order valence-corrected chi connectivity index (χ4v) is 5.01. The lowest BCUT2D eigenvalue weighted by Crippen LogP contribution is -2.58. The Labute approximate surface area is 126 Å². The van der Waals surface area contributed by atoms with E-state index in [4.69, 9.17) is 9.47 Å². The zero-order valence-corrected chi connectivity index (χ0v) is 13.1. The Morgan fingerprint density at radius 2 is 1.62 bits per heavy atom. The number of aliphatic hydroxyl groups excluding tert-OH is 1. The van der Waals surface area contributed by atoms with Crippen LogP contribution in [-0.2, 0) is 19.7 Å². The van der Waals surface area contributed by atoms with Crippen molar-refractivity contribution < 1.29 is 23.0 Å². The second kappa shape index (κ2) is 6.10. The highest BCUT2D eigenvalue weighted by Crippen LogP contribution is 2.36. The number of ether oxygens (including phenoxy) is 2. The molecule has 0 aliphatic carbocycles. The Morgan fingerprint density at radius 1 is 1.00 bits per heavy atom. The number of nitrogens with zero attached hydrogens (tertiary/aromatic N) is 2.